The van der Waals surface area contributed by atoms with Crippen LogP contribution >= 0.6 is 50.5 Å². The van der Waals surface area contributed by atoms with Gasteiger partial charge in [-0.25, -0.2) is 0 Å². The van der Waals surface area contributed by atoms with Gasteiger partial charge in [0, 0.05) is 27.0 Å². The van der Waals surface area contributed by atoms with E-state index < -0.39 is 0 Å². The van der Waals surface area contributed by atoms with E-state index in [9.17, 15) is 0 Å². The normalized spacial score (nSPS) is 12.6. The molecule has 0 aliphatic carbocycles. The predicted molar refractivity (Wildman–Crippen MR) is 88.5 cm³/mol. The Labute approximate surface area is 136 Å². The lowest BCUT2D eigenvalue weighted by molar-refractivity contribution is 0.549. The van der Waals surface area contributed by atoms with Gasteiger partial charge in [-0.1, -0.05) is 41.4 Å². The van der Waals surface area contributed by atoms with E-state index in [-0.39, 0.29) is 0 Å². The Morgan fingerprint density at radius 2 is 2.05 bits per heavy atom. The molecule has 0 aliphatic rings. The van der Waals surface area contributed by atoms with Gasteiger partial charge < -0.3 is 5.32 Å². The van der Waals surface area contributed by atoms with Gasteiger partial charge in [0.05, 0.1) is 0 Å². The minimum atomic E-state index is 0.361. The van der Waals surface area contributed by atoms with Crippen molar-refractivity contribution < 1.29 is 0 Å². The van der Waals surface area contributed by atoms with Gasteiger partial charge in [0.1, 0.15) is 4.34 Å². The monoisotopic (exact) mass is 377 g/mol. The van der Waals surface area contributed by atoms with Gasteiger partial charge in [-0.2, -0.15) is 0 Å². The number of halogens is 3. The molecule has 5 heteroatoms. The molecule has 2 aromatic rings. The molecule has 19 heavy (non-hydrogen) atoms. The van der Waals surface area contributed by atoms with Crippen LogP contribution in [0.3, 0.4) is 0 Å². The zero-order valence-corrected chi connectivity index (χ0v) is 14.3. The molecule has 1 aromatic heterocycles. The number of thiophene rings is 1. The fourth-order valence-electron chi connectivity index (χ4n) is 1.82. The van der Waals surface area contributed by atoms with Crippen molar-refractivity contribution in [3.63, 3.8) is 0 Å². The topological polar surface area (TPSA) is 12.0 Å². The van der Waals surface area contributed by atoms with Crippen LogP contribution in [0.4, 0.5) is 0 Å². The first kappa shape index (κ1) is 15.3. The Morgan fingerprint density at radius 1 is 1.32 bits per heavy atom. The third-order valence-electron chi connectivity index (χ3n) is 2.80. The largest absolute Gasteiger partial charge is 0.309 e. The molecule has 0 radical (unpaired) electrons. The zero-order chi connectivity index (χ0) is 13.8. The SMILES string of the molecule is CC(Cc1ccccc1Cl)NCc1cc(Br)c(Cl)s1. The highest BCUT2D eigenvalue weighted by Gasteiger charge is 2.08. The Kier molecular flexibility index (Phi) is 5.72. The van der Waals surface area contributed by atoms with Crippen molar-refractivity contribution in [2.75, 3.05) is 0 Å². The van der Waals surface area contributed by atoms with Crippen LogP contribution in [0.5, 0.6) is 0 Å². The number of benzene rings is 1. The van der Waals surface area contributed by atoms with Crippen LogP contribution in [0.1, 0.15) is 17.4 Å². The van der Waals surface area contributed by atoms with Crippen LogP contribution in [0.25, 0.3) is 0 Å². The number of nitrogens with one attached hydrogen (secondary N) is 1. The van der Waals surface area contributed by atoms with Crippen molar-refractivity contribution in [3.8, 4) is 0 Å². The maximum atomic E-state index is 6.16. The molecule has 0 spiro atoms. The summed E-state index contributed by atoms with van der Waals surface area (Å²) < 4.78 is 1.77. The van der Waals surface area contributed by atoms with Crippen molar-refractivity contribution >= 4 is 50.5 Å². The summed E-state index contributed by atoms with van der Waals surface area (Å²) in [6.07, 6.45) is 0.917. The molecule has 0 fully saturated rings. The molecule has 102 valence electrons. The van der Waals surface area contributed by atoms with Gasteiger partial charge in [0.25, 0.3) is 0 Å². The molecule has 0 amide bonds. The van der Waals surface area contributed by atoms with E-state index in [1.165, 1.54) is 10.4 Å². The minimum absolute atomic E-state index is 0.361. The Morgan fingerprint density at radius 3 is 2.68 bits per heavy atom. The lowest BCUT2D eigenvalue weighted by Crippen LogP contribution is -2.27. The average molecular weight is 379 g/mol. The van der Waals surface area contributed by atoms with Gasteiger partial charge in [-0.3, -0.25) is 0 Å². The average Bonchev–Trinajstić information content (AvgIpc) is 2.69. The summed E-state index contributed by atoms with van der Waals surface area (Å²) in [7, 11) is 0. The minimum Gasteiger partial charge on any atom is -0.309 e. The van der Waals surface area contributed by atoms with E-state index in [2.05, 4.69) is 40.3 Å². The van der Waals surface area contributed by atoms with E-state index in [0.29, 0.717) is 6.04 Å². The van der Waals surface area contributed by atoms with Crippen LogP contribution in [0.15, 0.2) is 34.8 Å². The van der Waals surface area contributed by atoms with Gasteiger partial charge in [-0.15, -0.1) is 11.3 Å². The van der Waals surface area contributed by atoms with Crippen molar-refractivity contribution in [2.24, 2.45) is 0 Å². The first-order valence-corrected chi connectivity index (χ1v) is 8.33. The summed E-state index contributed by atoms with van der Waals surface area (Å²) in [5.74, 6) is 0. The zero-order valence-electron chi connectivity index (χ0n) is 10.4. The summed E-state index contributed by atoms with van der Waals surface area (Å²) in [5, 5.41) is 4.32. The first-order chi connectivity index (χ1) is 9.06. The Hall–Kier alpha value is -0.0600. The molecule has 1 nitrogen and oxygen atoms in total. The van der Waals surface area contributed by atoms with E-state index in [4.69, 9.17) is 23.2 Å². The molecule has 0 aliphatic heterocycles. The summed E-state index contributed by atoms with van der Waals surface area (Å²) in [6, 6.07) is 10.4. The predicted octanol–water partition coefficient (Wildman–Crippen LogP) is 5.54. The van der Waals surface area contributed by atoms with Gasteiger partial charge in [0.15, 0.2) is 0 Å². The number of hydrogen-bond donors (Lipinski definition) is 1. The third kappa shape index (κ3) is 4.47. The van der Waals surface area contributed by atoms with Crippen LogP contribution in [-0.2, 0) is 13.0 Å². The molecule has 0 bridgehead atoms. The fraction of sp³-hybridized carbons (Fsp3) is 0.286. The second-order valence-corrected chi connectivity index (χ2v) is 7.41. The highest BCUT2D eigenvalue weighted by atomic mass is 79.9. The highest BCUT2D eigenvalue weighted by molar-refractivity contribution is 9.10. The van der Waals surface area contributed by atoms with Crippen molar-refractivity contribution in [2.45, 2.75) is 25.9 Å². The van der Waals surface area contributed by atoms with E-state index in [1.54, 1.807) is 11.3 Å². The lowest BCUT2D eigenvalue weighted by Gasteiger charge is -2.14. The summed E-state index contributed by atoms with van der Waals surface area (Å²) in [4.78, 5) is 1.22. The second-order valence-electron chi connectivity index (χ2n) is 4.41. The molecule has 1 N–H and O–H groups in total. The van der Waals surface area contributed by atoms with Crippen LogP contribution < -0.4 is 5.32 Å². The summed E-state index contributed by atoms with van der Waals surface area (Å²) in [6.45, 7) is 2.98. The van der Waals surface area contributed by atoms with E-state index in [1.807, 2.05) is 18.2 Å². The van der Waals surface area contributed by atoms with Crippen molar-refractivity contribution in [3.05, 3.63) is 54.6 Å². The Bertz CT molecular complexity index is 537. The van der Waals surface area contributed by atoms with Crippen LogP contribution in [0.2, 0.25) is 9.36 Å². The molecule has 1 heterocycles. The standard InChI is InChI=1S/C14H14BrCl2NS/c1-9(6-10-4-2-3-5-13(10)16)18-8-11-7-12(15)14(17)19-11/h2-5,7,9,18H,6,8H2,1H3. The van der Waals surface area contributed by atoms with Crippen LogP contribution in [0, 0.1) is 0 Å². The number of rotatable bonds is 5. The second kappa shape index (κ2) is 7.09. The fourth-order valence-corrected chi connectivity index (χ4v) is 3.77. The van der Waals surface area contributed by atoms with Crippen LogP contribution in [-0.4, -0.2) is 6.04 Å². The summed E-state index contributed by atoms with van der Waals surface area (Å²) in [5.41, 5.74) is 1.18. The lowest BCUT2D eigenvalue weighted by atomic mass is 10.1. The van der Waals surface area contributed by atoms with E-state index in [0.717, 1.165) is 26.8 Å². The molecular formula is C14H14BrCl2NS. The molecule has 0 saturated heterocycles. The van der Waals surface area contributed by atoms with E-state index >= 15 is 0 Å². The maximum Gasteiger partial charge on any atom is 0.107 e. The van der Waals surface area contributed by atoms with Gasteiger partial charge >= 0.3 is 0 Å². The smallest absolute Gasteiger partial charge is 0.107 e. The molecule has 2 rings (SSSR count). The van der Waals surface area contributed by atoms with Crippen molar-refractivity contribution in [1.82, 2.24) is 5.32 Å². The maximum absolute atomic E-state index is 6.16. The highest BCUT2D eigenvalue weighted by Crippen LogP contribution is 2.31. The van der Waals surface area contributed by atoms with Gasteiger partial charge in [-0.05, 0) is 47.0 Å². The molecule has 1 aromatic carbocycles. The van der Waals surface area contributed by atoms with Crippen molar-refractivity contribution in [1.29, 1.82) is 0 Å². The Balaban J connectivity index is 1.88. The third-order valence-corrected chi connectivity index (χ3v) is 5.65. The first-order valence-electron chi connectivity index (χ1n) is 5.96. The van der Waals surface area contributed by atoms with Gasteiger partial charge in [0.2, 0.25) is 0 Å². The molecule has 1 unspecified atom stereocenters. The molecule has 1 atom stereocenters. The summed E-state index contributed by atoms with van der Waals surface area (Å²) >= 11 is 17.2. The quantitative estimate of drug-likeness (QED) is 0.720. The molecular weight excluding hydrogens is 365 g/mol. The number of hydrogen-bond acceptors (Lipinski definition) is 2. The molecule has 0 saturated carbocycles.